The molecule has 0 spiro atoms. The molecule has 1 aliphatic carbocycles. The van der Waals surface area contributed by atoms with E-state index in [-0.39, 0.29) is 6.03 Å². The van der Waals surface area contributed by atoms with Gasteiger partial charge in [0.2, 0.25) is 0 Å². The number of hydrogen-bond acceptors (Lipinski definition) is 1. The number of carbonyl (C=O) groups excluding carboxylic acids is 1. The molecule has 0 atom stereocenters. The van der Waals surface area contributed by atoms with Gasteiger partial charge in [-0.3, -0.25) is 0 Å². The number of nitrogens with one attached hydrogen (secondary N) is 1. The van der Waals surface area contributed by atoms with Crippen LogP contribution >= 0.6 is 0 Å². The average Bonchev–Trinajstić information content (AvgIpc) is 2.40. The number of nitrogens with zero attached hydrogens (tertiary/aromatic N) is 1. The summed E-state index contributed by atoms with van der Waals surface area (Å²) >= 11 is 0. The van der Waals surface area contributed by atoms with E-state index in [1.807, 2.05) is 11.1 Å². The molecule has 0 aromatic heterocycles. The monoisotopic (exact) mass is 250 g/mol. The lowest BCUT2D eigenvalue weighted by Gasteiger charge is -2.29. The van der Waals surface area contributed by atoms with Gasteiger partial charge in [-0.15, -0.1) is 0 Å². The van der Waals surface area contributed by atoms with Gasteiger partial charge in [0.1, 0.15) is 0 Å². The summed E-state index contributed by atoms with van der Waals surface area (Å²) in [7, 11) is 0. The van der Waals surface area contributed by atoms with Crippen LogP contribution in [0, 0.1) is 11.8 Å². The van der Waals surface area contributed by atoms with Gasteiger partial charge in [0.05, 0.1) is 0 Å². The number of rotatable bonds is 2. The van der Waals surface area contributed by atoms with Crippen molar-refractivity contribution in [2.45, 2.75) is 51.9 Å². The Morgan fingerprint density at radius 2 is 1.78 bits per heavy atom. The predicted molar refractivity (Wildman–Crippen MR) is 74.2 cm³/mol. The maximum atomic E-state index is 11.9. The molecule has 1 aliphatic heterocycles. The molecule has 18 heavy (non-hydrogen) atoms. The van der Waals surface area contributed by atoms with E-state index in [1.54, 1.807) is 0 Å². The summed E-state index contributed by atoms with van der Waals surface area (Å²) < 4.78 is 0. The van der Waals surface area contributed by atoms with Gasteiger partial charge in [-0.2, -0.15) is 0 Å². The topological polar surface area (TPSA) is 32.3 Å². The second-order valence-corrected chi connectivity index (χ2v) is 5.88. The van der Waals surface area contributed by atoms with Gasteiger partial charge < -0.3 is 10.2 Å². The molecule has 3 heteroatoms. The summed E-state index contributed by atoms with van der Waals surface area (Å²) in [5.74, 6) is 1.45. The summed E-state index contributed by atoms with van der Waals surface area (Å²) in [5, 5.41) is 2.92. The van der Waals surface area contributed by atoms with E-state index >= 15 is 0 Å². The minimum Gasteiger partial charge on any atom is -0.325 e. The second kappa shape index (κ2) is 6.81. The van der Waals surface area contributed by atoms with Gasteiger partial charge in [0.15, 0.2) is 0 Å². The van der Waals surface area contributed by atoms with Gasteiger partial charge in [0.25, 0.3) is 0 Å². The third-order valence-electron chi connectivity index (χ3n) is 4.30. The van der Waals surface area contributed by atoms with E-state index in [0.717, 1.165) is 31.8 Å². The Kier molecular flexibility index (Phi) is 5.09. The van der Waals surface area contributed by atoms with Crippen molar-refractivity contribution in [3.05, 3.63) is 12.3 Å². The van der Waals surface area contributed by atoms with E-state index < -0.39 is 0 Å². The fourth-order valence-corrected chi connectivity index (χ4v) is 2.89. The fraction of sp³-hybridized carbons (Fsp3) is 0.800. The normalized spacial score (nSPS) is 23.5. The van der Waals surface area contributed by atoms with Crippen LogP contribution in [0.3, 0.4) is 0 Å². The summed E-state index contributed by atoms with van der Waals surface area (Å²) in [5.41, 5.74) is 0. The first-order valence-electron chi connectivity index (χ1n) is 7.48. The molecule has 2 fully saturated rings. The molecule has 2 aliphatic rings. The fourth-order valence-electron chi connectivity index (χ4n) is 2.89. The van der Waals surface area contributed by atoms with Crippen LogP contribution in [0.1, 0.15) is 51.9 Å². The first-order chi connectivity index (χ1) is 8.75. The molecular formula is C15H26N2O. The van der Waals surface area contributed by atoms with Crippen LogP contribution in [-0.4, -0.2) is 24.0 Å². The van der Waals surface area contributed by atoms with Crippen LogP contribution < -0.4 is 5.32 Å². The van der Waals surface area contributed by atoms with Crippen LogP contribution in [-0.2, 0) is 0 Å². The van der Waals surface area contributed by atoms with Crippen molar-refractivity contribution in [3.63, 3.8) is 0 Å². The van der Waals surface area contributed by atoms with Crippen molar-refractivity contribution in [1.29, 1.82) is 0 Å². The van der Waals surface area contributed by atoms with E-state index in [4.69, 9.17) is 0 Å². The standard InChI is InChI=1S/C15H26N2O/c1-13-8-11-17(12-9-13)15(18)16-10-7-14-5-3-2-4-6-14/h7,10,13-14H,2-6,8-9,11-12H2,1H3,(H,16,18)/b10-7+. The molecule has 0 unspecified atom stereocenters. The number of piperidine rings is 1. The summed E-state index contributed by atoms with van der Waals surface area (Å²) in [6.45, 7) is 4.08. The number of urea groups is 1. The van der Waals surface area contributed by atoms with Gasteiger partial charge in [-0.1, -0.05) is 32.3 Å². The zero-order chi connectivity index (χ0) is 12.8. The maximum Gasteiger partial charge on any atom is 0.321 e. The second-order valence-electron chi connectivity index (χ2n) is 5.88. The summed E-state index contributed by atoms with van der Waals surface area (Å²) in [4.78, 5) is 13.8. The Bertz CT molecular complexity index is 287. The molecule has 1 saturated carbocycles. The number of likely N-dealkylation sites (tertiary alicyclic amines) is 1. The summed E-state index contributed by atoms with van der Waals surface area (Å²) in [6.07, 6.45) is 13.0. The lowest BCUT2D eigenvalue weighted by Crippen LogP contribution is -2.42. The zero-order valence-corrected chi connectivity index (χ0v) is 11.5. The predicted octanol–water partition coefficient (Wildman–Crippen LogP) is 3.52. The molecular weight excluding hydrogens is 224 g/mol. The molecule has 1 N–H and O–H groups in total. The van der Waals surface area contributed by atoms with Gasteiger partial charge >= 0.3 is 6.03 Å². The Hall–Kier alpha value is -0.990. The highest BCUT2D eigenvalue weighted by molar-refractivity contribution is 5.75. The van der Waals surface area contributed by atoms with Gasteiger partial charge in [-0.05, 0) is 37.5 Å². The SMILES string of the molecule is CC1CCN(C(=O)N/C=C/C2CCCCC2)CC1. The van der Waals surface area contributed by atoms with Crippen molar-refractivity contribution in [2.24, 2.45) is 11.8 Å². The average molecular weight is 250 g/mol. The van der Waals surface area contributed by atoms with Crippen LogP contribution in [0.5, 0.6) is 0 Å². The van der Waals surface area contributed by atoms with Crippen LogP contribution in [0.15, 0.2) is 12.3 Å². The maximum absolute atomic E-state index is 11.9. The van der Waals surface area contributed by atoms with E-state index in [2.05, 4.69) is 18.3 Å². The van der Waals surface area contributed by atoms with Crippen LogP contribution in [0.4, 0.5) is 4.79 Å². The number of hydrogen-bond donors (Lipinski definition) is 1. The molecule has 2 amide bonds. The molecule has 0 aromatic rings. The van der Waals surface area contributed by atoms with Gasteiger partial charge in [0, 0.05) is 19.3 Å². The molecule has 1 saturated heterocycles. The Morgan fingerprint density at radius 1 is 1.11 bits per heavy atom. The highest BCUT2D eigenvalue weighted by Crippen LogP contribution is 2.24. The molecule has 0 radical (unpaired) electrons. The lowest BCUT2D eigenvalue weighted by molar-refractivity contribution is 0.177. The van der Waals surface area contributed by atoms with Crippen molar-refractivity contribution in [2.75, 3.05) is 13.1 Å². The lowest BCUT2D eigenvalue weighted by atomic mass is 9.89. The minimum absolute atomic E-state index is 0.0777. The summed E-state index contributed by atoms with van der Waals surface area (Å²) in [6, 6.07) is 0.0777. The third kappa shape index (κ3) is 4.04. The number of amides is 2. The molecule has 0 aromatic carbocycles. The molecule has 1 heterocycles. The first kappa shape index (κ1) is 13.4. The molecule has 2 rings (SSSR count). The highest BCUT2D eigenvalue weighted by atomic mass is 16.2. The van der Waals surface area contributed by atoms with Crippen molar-refractivity contribution in [3.8, 4) is 0 Å². The van der Waals surface area contributed by atoms with Crippen molar-refractivity contribution in [1.82, 2.24) is 10.2 Å². The number of carbonyl (C=O) groups is 1. The van der Waals surface area contributed by atoms with E-state index in [9.17, 15) is 4.79 Å². The third-order valence-corrected chi connectivity index (χ3v) is 4.30. The highest BCUT2D eigenvalue weighted by Gasteiger charge is 2.19. The van der Waals surface area contributed by atoms with Crippen LogP contribution in [0.25, 0.3) is 0 Å². The molecule has 3 nitrogen and oxygen atoms in total. The number of allylic oxidation sites excluding steroid dienone is 1. The van der Waals surface area contributed by atoms with E-state index in [0.29, 0.717) is 5.92 Å². The van der Waals surface area contributed by atoms with Crippen molar-refractivity contribution < 1.29 is 4.79 Å². The Balaban J connectivity index is 1.69. The Morgan fingerprint density at radius 3 is 2.44 bits per heavy atom. The van der Waals surface area contributed by atoms with Gasteiger partial charge in [-0.25, -0.2) is 4.79 Å². The van der Waals surface area contributed by atoms with Crippen LogP contribution in [0.2, 0.25) is 0 Å². The first-order valence-corrected chi connectivity index (χ1v) is 7.48. The molecule has 102 valence electrons. The van der Waals surface area contributed by atoms with Crippen molar-refractivity contribution >= 4 is 6.03 Å². The smallest absolute Gasteiger partial charge is 0.321 e. The largest absolute Gasteiger partial charge is 0.325 e. The Labute approximate surface area is 111 Å². The zero-order valence-electron chi connectivity index (χ0n) is 11.5. The minimum atomic E-state index is 0.0777. The quantitative estimate of drug-likeness (QED) is 0.799. The molecule has 0 bridgehead atoms. The van der Waals surface area contributed by atoms with E-state index in [1.165, 1.54) is 32.1 Å².